The van der Waals surface area contributed by atoms with Crippen molar-refractivity contribution in [1.29, 1.82) is 0 Å². The van der Waals surface area contributed by atoms with Crippen molar-refractivity contribution in [1.82, 2.24) is 0 Å². The summed E-state index contributed by atoms with van der Waals surface area (Å²) in [6.45, 7) is 8.16. The van der Waals surface area contributed by atoms with Crippen LogP contribution in [0.1, 0.15) is 75.8 Å². The van der Waals surface area contributed by atoms with Crippen molar-refractivity contribution < 1.29 is 105 Å². The van der Waals surface area contributed by atoms with Gasteiger partial charge in [0.1, 0.15) is 6.61 Å². The fourth-order valence-corrected chi connectivity index (χ4v) is 6.17. The highest BCUT2D eigenvalue weighted by atomic mass is 16.7. The van der Waals surface area contributed by atoms with Gasteiger partial charge in [-0.25, -0.2) is 0 Å². The molecule has 0 heterocycles. The van der Waals surface area contributed by atoms with Gasteiger partial charge in [-0.3, -0.25) is 19.2 Å². The second-order valence-electron chi connectivity index (χ2n) is 16.2. The lowest BCUT2D eigenvalue weighted by atomic mass is 9.96. The van der Waals surface area contributed by atoms with Gasteiger partial charge in [-0.2, -0.15) is 0 Å². The van der Waals surface area contributed by atoms with Crippen LogP contribution in [0.4, 0.5) is 0 Å². The average molecular weight is 1040 g/mol. The summed E-state index contributed by atoms with van der Waals surface area (Å²) in [5, 5.41) is 18.9. The summed E-state index contributed by atoms with van der Waals surface area (Å²) in [4.78, 5) is 48.9. The van der Waals surface area contributed by atoms with Gasteiger partial charge < -0.3 is 86.0 Å². The molecule has 72 heavy (non-hydrogen) atoms. The molecule has 0 aliphatic heterocycles. The van der Waals surface area contributed by atoms with Crippen molar-refractivity contribution >= 4 is 23.9 Å². The molecule has 2 N–H and O–H groups in total. The first-order chi connectivity index (χ1) is 35.2. The molecule has 0 aliphatic rings. The van der Waals surface area contributed by atoms with Crippen LogP contribution >= 0.6 is 0 Å². The summed E-state index contributed by atoms with van der Waals surface area (Å²) in [6.07, 6.45) is 3.19. The van der Waals surface area contributed by atoms with Crippen molar-refractivity contribution in [2.24, 2.45) is 5.92 Å². The van der Waals surface area contributed by atoms with Crippen LogP contribution in [-0.4, -0.2) is 213 Å². The minimum Gasteiger partial charge on any atom is -0.462 e. The third kappa shape index (κ3) is 43.0. The molecule has 0 saturated heterocycles. The molecule has 0 aliphatic carbocycles. The predicted molar refractivity (Wildman–Crippen MR) is 258 cm³/mol. The summed E-state index contributed by atoms with van der Waals surface area (Å²) < 4.78 is 85.0. The topological polar surface area (TPSA) is 256 Å². The third-order valence-electron chi connectivity index (χ3n) is 10.1. The van der Waals surface area contributed by atoms with Crippen LogP contribution in [0, 0.1) is 5.92 Å². The second kappa shape index (κ2) is 49.7. The Kier molecular flexibility index (Phi) is 46.0. The van der Waals surface area contributed by atoms with Crippen LogP contribution in [0.25, 0.3) is 0 Å². The van der Waals surface area contributed by atoms with Gasteiger partial charge in [0.25, 0.3) is 0 Å². The zero-order valence-electron chi connectivity index (χ0n) is 43.1. The average Bonchev–Trinajstić information content (AvgIpc) is 3.38. The number of rotatable bonds is 53. The van der Waals surface area contributed by atoms with Crippen LogP contribution in [0.15, 0.2) is 24.3 Å². The number of aryl methyl sites for hydroxylation is 1. The standard InChI is InChI=1S/C50H86O22/c1-42(7-5-4-6-8-43-9-11-44(36-51)12-10-43)35-45(68-34-33-65-30-29-62-24-22-60-20-18-58-3)38-67-41-71-49(55)15-16-50(56)72-46(37-52)39-69-47(53)13-14-48(54)70-40-66-32-31-64-28-27-63-26-25-61-23-21-59-19-17-57-2/h9-12,42,45-46,51-52H,4-8,13-41H2,1-3H3. The van der Waals surface area contributed by atoms with Gasteiger partial charge in [-0.1, -0.05) is 50.5 Å². The smallest absolute Gasteiger partial charge is 0.308 e. The number of unbranched alkanes of at least 4 members (excludes halogenated alkanes) is 2. The molecule has 3 atom stereocenters. The fourth-order valence-electron chi connectivity index (χ4n) is 6.17. The third-order valence-corrected chi connectivity index (χ3v) is 10.1. The molecule has 0 aromatic heterocycles. The Morgan fingerprint density at radius 1 is 0.458 bits per heavy atom. The van der Waals surface area contributed by atoms with Crippen molar-refractivity contribution in [2.75, 3.05) is 167 Å². The number of ether oxygens (including phenoxy) is 16. The number of hydrogen-bond acceptors (Lipinski definition) is 22. The number of aliphatic hydroxyl groups excluding tert-OH is 2. The predicted octanol–water partition coefficient (Wildman–Crippen LogP) is 3.14. The molecule has 0 saturated carbocycles. The number of carbonyl (C=O) groups is 4. The minimum atomic E-state index is -1.18. The van der Waals surface area contributed by atoms with Crippen LogP contribution in [0.5, 0.6) is 0 Å². The van der Waals surface area contributed by atoms with Gasteiger partial charge in [-0.15, -0.1) is 0 Å². The van der Waals surface area contributed by atoms with E-state index in [1.54, 1.807) is 14.2 Å². The molecular formula is C50H86O22. The van der Waals surface area contributed by atoms with E-state index in [1.165, 1.54) is 5.56 Å². The van der Waals surface area contributed by atoms with E-state index in [0.717, 1.165) is 44.1 Å². The first-order valence-corrected chi connectivity index (χ1v) is 25.0. The maximum atomic E-state index is 12.4. The van der Waals surface area contributed by atoms with E-state index in [2.05, 4.69) is 19.1 Å². The van der Waals surface area contributed by atoms with Gasteiger partial charge in [-0.05, 0) is 36.3 Å². The van der Waals surface area contributed by atoms with Crippen molar-refractivity contribution in [3.63, 3.8) is 0 Å². The lowest BCUT2D eigenvalue weighted by molar-refractivity contribution is -0.167. The van der Waals surface area contributed by atoms with Crippen molar-refractivity contribution in [2.45, 2.75) is 89.9 Å². The number of methoxy groups -OCH3 is 2. The van der Waals surface area contributed by atoms with Gasteiger partial charge in [0.05, 0.1) is 171 Å². The Morgan fingerprint density at radius 2 is 0.889 bits per heavy atom. The summed E-state index contributed by atoms with van der Waals surface area (Å²) >= 11 is 0. The summed E-state index contributed by atoms with van der Waals surface area (Å²) in [7, 11) is 3.23. The highest BCUT2D eigenvalue weighted by Gasteiger charge is 2.19. The second-order valence-corrected chi connectivity index (χ2v) is 16.2. The van der Waals surface area contributed by atoms with E-state index in [-0.39, 0.29) is 71.8 Å². The number of benzene rings is 1. The molecule has 0 spiro atoms. The monoisotopic (exact) mass is 1040 g/mol. The Morgan fingerprint density at radius 3 is 1.38 bits per heavy atom. The maximum absolute atomic E-state index is 12.4. The molecule has 0 amide bonds. The number of carbonyl (C=O) groups excluding carboxylic acids is 4. The van der Waals surface area contributed by atoms with Crippen LogP contribution in [0.3, 0.4) is 0 Å². The Bertz CT molecular complexity index is 1420. The lowest BCUT2D eigenvalue weighted by Crippen LogP contribution is -2.29. The number of hydrogen-bond donors (Lipinski definition) is 2. The maximum Gasteiger partial charge on any atom is 0.308 e. The van der Waals surface area contributed by atoms with Crippen LogP contribution in [0.2, 0.25) is 0 Å². The molecule has 1 rings (SSSR count). The van der Waals surface area contributed by atoms with E-state index in [4.69, 9.17) is 75.8 Å². The molecule has 22 heteroatoms. The van der Waals surface area contributed by atoms with E-state index in [1.807, 2.05) is 12.1 Å². The zero-order valence-corrected chi connectivity index (χ0v) is 43.1. The molecular weight excluding hydrogens is 953 g/mol. The van der Waals surface area contributed by atoms with Crippen molar-refractivity contribution in [3.8, 4) is 0 Å². The summed E-state index contributed by atoms with van der Waals surface area (Å²) in [6, 6.07) is 8.03. The van der Waals surface area contributed by atoms with Crippen LogP contribution < -0.4 is 0 Å². The molecule has 3 unspecified atom stereocenters. The highest BCUT2D eigenvalue weighted by Crippen LogP contribution is 2.19. The van der Waals surface area contributed by atoms with Gasteiger partial charge in [0, 0.05) is 14.2 Å². The molecule has 0 fully saturated rings. The van der Waals surface area contributed by atoms with Crippen LogP contribution in [-0.2, 0) is 108 Å². The zero-order chi connectivity index (χ0) is 52.4. The lowest BCUT2D eigenvalue weighted by Gasteiger charge is -2.22. The summed E-state index contributed by atoms with van der Waals surface area (Å²) in [5.41, 5.74) is 2.16. The van der Waals surface area contributed by atoms with E-state index in [0.29, 0.717) is 112 Å². The molecule has 1 aromatic carbocycles. The first-order valence-electron chi connectivity index (χ1n) is 25.0. The highest BCUT2D eigenvalue weighted by molar-refractivity contribution is 5.78. The fraction of sp³-hybridized carbons (Fsp3) is 0.800. The van der Waals surface area contributed by atoms with Gasteiger partial charge in [0.2, 0.25) is 0 Å². The van der Waals surface area contributed by atoms with Gasteiger partial charge >= 0.3 is 23.9 Å². The Balaban J connectivity index is 2.24. The summed E-state index contributed by atoms with van der Waals surface area (Å²) in [5.74, 6) is -2.65. The minimum absolute atomic E-state index is 0.0402. The molecule has 0 radical (unpaired) electrons. The first kappa shape index (κ1) is 66.6. The SMILES string of the molecule is COCCOCCOCCOCCOCCOCOC(=O)CCC(=O)OCC(CO)OC(=O)CCC(=O)OCOCC(CC(C)CCCCCc1ccc(CO)cc1)OCCOCCOCCOCCOC. The molecule has 418 valence electrons. The molecule has 22 nitrogen and oxygen atoms in total. The van der Waals surface area contributed by atoms with E-state index in [9.17, 15) is 29.4 Å². The normalized spacial score (nSPS) is 12.6. The van der Waals surface area contributed by atoms with Crippen molar-refractivity contribution in [3.05, 3.63) is 35.4 Å². The largest absolute Gasteiger partial charge is 0.462 e. The van der Waals surface area contributed by atoms with Gasteiger partial charge in [0.15, 0.2) is 19.7 Å². The van der Waals surface area contributed by atoms with E-state index < -0.39 is 43.2 Å². The molecule has 1 aromatic rings. The van der Waals surface area contributed by atoms with E-state index >= 15 is 0 Å². The number of esters is 4. The number of aliphatic hydroxyl groups is 2. The molecule has 0 bridgehead atoms. The quantitative estimate of drug-likeness (QED) is 0.0411. The Labute approximate surface area is 426 Å². The Hall–Kier alpha value is -3.46.